The first-order valence-electron chi connectivity index (χ1n) is 11.4. The number of amides is 1. The predicted octanol–water partition coefficient (Wildman–Crippen LogP) is 4.35. The highest BCUT2D eigenvalue weighted by Crippen LogP contribution is 2.32. The lowest BCUT2D eigenvalue weighted by atomic mass is 9.92. The molecule has 1 aliphatic rings. The highest BCUT2D eigenvalue weighted by Gasteiger charge is 2.35. The highest BCUT2D eigenvalue weighted by molar-refractivity contribution is 7.89. The van der Waals surface area contributed by atoms with E-state index in [-0.39, 0.29) is 41.7 Å². The maximum atomic E-state index is 13.5. The molecule has 4 rings (SSSR count). The van der Waals surface area contributed by atoms with Gasteiger partial charge < -0.3 is 4.90 Å². The van der Waals surface area contributed by atoms with E-state index < -0.39 is 10.0 Å². The molecule has 1 fully saturated rings. The second-order valence-electron chi connectivity index (χ2n) is 8.63. The van der Waals surface area contributed by atoms with Gasteiger partial charge in [-0.3, -0.25) is 4.79 Å². The summed E-state index contributed by atoms with van der Waals surface area (Å²) in [5.74, 6) is -0.733. The topological polar surface area (TPSA) is 81.5 Å². The van der Waals surface area contributed by atoms with Gasteiger partial charge in [-0.25, -0.2) is 12.8 Å². The smallest absolute Gasteiger partial charge is 0.243 e. The first-order valence-corrected chi connectivity index (χ1v) is 12.8. The highest BCUT2D eigenvalue weighted by atomic mass is 32.2. The van der Waals surface area contributed by atoms with Crippen LogP contribution in [0.15, 0.2) is 83.8 Å². The van der Waals surface area contributed by atoms with Crippen LogP contribution in [0.1, 0.15) is 35.6 Å². The Bertz CT molecular complexity index is 1310. The van der Waals surface area contributed by atoms with Crippen molar-refractivity contribution in [2.45, 2.75) is 23.8 Å². The number of carbonyl (C=O) groups is 1. The molecule has 35 heavy (non-hydrogen) atoms. The molecule has 1 amide bonds. The van der Waals surface area contributed by atoms with Gasteiger partial charge in [-0.15, -0.1) is 0 Å². The molecule has 3 aromatic rings. The number of halogens is 1. The molecular weight excluding hydrogens is 465 g/mol. The van der Waals surface area contributed by atoms with Crippen molar-refractivity contribution in [3.8, 4) is 6.07 Å². The Morgan fingerprint density at radius 3 is 2.11 bits per heavy atom. The third-order valence-electron chi connectivity index (χ3n) is 6.46. The molecule has 0 saturated carbocycles. The van der Waals surface area contributed by atoms with Gasteiger partial charge >= 0.3 is 0 Å². The van der Waals surface area contributed by atoms with E-state index in [1.165, 1.54) is 40.7 Å². The van der Waals surface area contributed by atoms with Crippen LogP contribution in [0.5, 0.6) is 0 Å². The van der Waals surface area contributed by atoms with Gasteiger partial charge in [0.05, 0.1) is 22.6 Å². The van der Waals surface area contributed by atoms with Crippen LogP contribution < -0.4 is 0 Å². The summed E-state index contributed by atoms with van der Waals surface area (Å²) >= 11 is 0. The Kier molecular flexibility index (Phi) is 7.29. The molecule has 1 unspecified atom stereocenters. The zero-order valence-corrected chi connectivity index (χ0v) is 20.2. The minimum atomic E-state index is -3.70. The first kappa shape index (κ1) is 24.6. The van der Waals surface area contributed by atoms with Gasteiger partial charge in [0.2, 0.25) is 15.9 Å². The number of piperidine rings is 1. The Morgan fingerprint density at radius 1 is 0.971 bits per heavy atom. The molecule has 8 heteroatoms. The zero-order chi connectivity index (χ0) is 25.0. The minimum absolute atomic E-state index is 0.0707. The standard InChI is InChI=1S/C27H26FN3O3S/c1-30(26(21-5-3-2-4-6-21)22-9-11-24(28)12-10-22)27(32)23-15-17-31(18-16-23)35(33,34)25-13-7-20(19-29)8-14-25/h2-14,23,26H,15-18H2,1H3. The number of hydrogen-bond acceptors (Lipinski definition) is 4. The lowest BCUT2D eigenvalue weighted by Crippen LogP contribution is -2.44. The van der Waals surface area contributed by atoms with Crippen molar-refractivity contribution >= 4 is 15.9 Å². The van der Waals surface area contributed by atoms with Crippen molar-refractivity contribution in [2.24, 2.45) is 5.92 Å². The van der Waals surface area contributed by atoms with Crippen molar-refractivity contribution in [2.75, 3.05) is 20.1 Å². The van der Waals surface area contributed by atoms with Crippen LogP contribution in [0.4, 0.5) is 4.39 Å². The number of rotatable bonds is 6. The van der Waals surface area contributed by atoms with Gasteiger partial charge in [0, 0.05) is 26.1 Å². The monoisotopic (exact) mass is 491 g/mol. The van der Waals surface area contributed by atoms with E-state index in [9.17, 15) is 17.6 Å². The van der Waals surface area contributed by atoms with Crippen LogP contribution in [0.25, 0.3) is 0 Å². The minimum Gasteiger partial charge on any atom is -0.334 e. The molecule has 0 spiro atoms. The molecule has 6 nitrogen and oxygen atoms in total. The van der Waals surface area contributed by atoms with Gasteiger partial charge in [0.25, 0.3) is 0 Å². The van der Waals surface area contributed by atoms with Crippen molar-refractivity contribution in [1.29, 1.82) is 5.26 Å². The molecule has 1 saturated heterocycles. The van der Waals surface area contributed by atoms with Gasteiger partial charge in [-0.2, -0.15) is 9.57 Å². The fourth-order valence-electron chi connectivity index (χ4n) is 4.53. The SMILES string of the molecule is CN(C(=O)C1CCN(S(=O)(=O)c2ccc(C#N)cc2)CC1)C(c1ccccc1)c1ccc(F)cc1. The van der Waals surface area contributed by atoms with Crippen molar-refractivity contribution < 1.29 is 17.6 Å². The van der Waals surface area contributed by atoms with Crippen LogP contribution in [0, 0.1) is 23.1 Å². The average Bonchev–Trinajstić information content (AvgIpc) is 2.90. The largest absolute Gasteiger partial charge is 0.334 e. The molecule has 0 radical (unpaired) electrons. The normalized spacial score (nSPS) is 15.8. The predicted molar refractivity (Wildman–Crippen MR) is 130 cm³/mol. The molecule has 0 aromatic heterocycles. The number of nitriles is 1. The third kappa shape index (κ3) is 5.26. The summed E-state index contributed by atoms with van der Waals surface area (Å²) in [5, 5.41) is 8.94. The van der Waals surface area contributed by atoms with E-state index in [1.807, 2.05) is 36.4 Å². The van der Waals surface area contributed by atoms with Crippen LogP contribution in [0.3, 0.4) is 0 Å². The maximum absolute atomic E-state index is 13.5. The van der Waals surface area contributed by atoms with E-state index in [1.54, 1.807) is 24.1 Å². The summed E-state index contributed by atoms with van der Waals surface area (Å²) in [6, 6.07) is 23.1. The Balaban J connectivity index is 1.49. The van der Waals surface area contributed by atoms with Crippen molar-refractivity contribution in [3.63, 3.8) is 0 Å². The summed E-state index contributed by atoms with van der Waals surface area (Å²) in [4.78, 5) is 15.3. The fraction of sp³-hybridized carbons (Fsp3) is 0.259. The van der Waals surface area contributed by atoms with Crippen LogP contribution >= 0.6 is 0 Å². The lowest BCUT2D eigenvalue weighted by molar-refractivity contribution is -0.137. The van der Waals surface area contributed by atoms with Crippen LogP contribution in [0.2, 0.25) is 0 Å². The number of carbonyl (C=O) groups excluding carboxylic acids is 1. The van der Waals surface area contributed by atoms with Crippen molar-refractivity contribution in [1.82, 2.24) is 9.21 Å². The fourth-order valence-corrected chi connectivity index (χ4v) is 6.00. The number of hydrogen-bond donors (Lipinski definition) is 0. The molecule has 3 aromatic carbocycles. The summed E-state index contributed by atoms with van der Waals surface area (Å²) in [5.41, 5.74) is 2.11. The molecule has 0 N–H and O–H groups in total. The molecule has 1 heterocycles. The average molecular weight is 492 g/mol. The summed E-state index contributed by atoms with van der Waals surface area (Å²) in [6.45, 7) is 0.471. The summed E-state index contributed by atoms with van der Waals surface area (Å²) in [6.07, 6.45) is 0.813. The Morgan fingerprint density at radius 2 is 1.54 bits per heavy atom. The van der Waals surface area contributed by atoms with Gasteiger partial charge in [0.1, 0.15) is 5.82 Å². The first-order chi connectivity index (χ1) is 16.8. The number of benzene rings is 3. The van der Waals surface area contributed by atoms with E-state index in [0.717, 1.165) is 11.1 Å². The van der Waals surface area contributed by atoms with E-state index in [0.29, 0.717) is 18.4 Å². The Hall–Kier alpha value is -3.54. The molecule has 180 valence electrons. The molecule has 1 atom stereocenters. The van der Waals surface area contributed by atoms with Gasteiger partial charge in [0.15, 0.2) is 0 Å². The van der Waals surface area contributed by atoms with Crippen LogP contribution in [-0.4, -0.2) is 43.7 Å². The van der Waals surface area contributed by atoms with E-state index in [2.05, 4.69) is 0 Å². The van der Waals surface area contributed by atoms with Crippen LogP contribution in [-0.2, 0) is 14.8 Å². The van der Waals surface area contributed by atoms with Crippen molar-refractivity contribution in [3.05, 3.63) is 101 Å². The molecular formula is C27H26FN3O3S. The molecule has 0 aliphatic carbocycles. The molecule has 1 aliphatic heterocycles. The van der Waals surface area contributed by atoms with E-state index in [4.69, 9.17) is 5.26 Å². The summed E-state index contributed by atoms with van der Waals surface area (Å²) in [7, 11) is -1.96. The number of nitrogens with zero attached hydrogens (tertiary/aromatic N) is 3. The number of sulfonamides is 1. The molecule has 0 bridgehead atoms. The second kappa shape index (κ2) is 10.4. The maximum Gasteiger partial charge on any atom is 0.243 e. The summed E-state index contributed by atoms with van der Waals surface area (Å²) < 4.78 is 41.0. The van der Waals surface area contributed by atoms with Gasteiger partial charge in [-0.05, 0) is 60.4 Å². The third-order valence-corrected chi connectivity index (χ3v) is 8.37. The zero-order valence-electron chi connectivity index (χ0n) is 19.3. The Labute approximate surface area is 205 Å². The quantitative estimate of drug-likeness (QED) is 0.514. The van der Waals surface area contributed by atoms with Gasteiger partial charge in [-0.1, -0.05) is 42.5 Å². The lowest BCUT2D eigenvalue weighted by Gasteiger charge is -2.36. The van der Waals surface area contributed by atoms with E-state index >= 15 is 0 Å². The second-order valence-corrected chi connectivity index (χ2v) is 10.6.